The normalized spacial score (nSPS) is 42.5. The minimum atomic E-state index is -1.10. The first-order valence-electron chi connectivity index (χ1n) is 11.3. The number of rotatable bonds is 6. The quantitative estimate of drug-likeness (QED) is 0.249. The number of hydrogen-bond acceptors (Lipinski definition) is 5. The van der Waals surface area contributed by atoms with Crippen LogP contribution in [0, 0.1) is 22.2 Å². The van der Waals surface area contributed by atoms with Gasteiger partial charge in [0.05, 0.1) is 17.4 Å². The highest BCUT2D eigenvalue weighted by Gasteiger charge is 2.73. The lowest BCUT2D eigenvalue weighted by Crippen LogP contribution is -2.42. The molecule has 0 radical (unpaired) electrons. The summed E-state index contributed by atoms with van der Waals surface area (Å²) in [5.74, 6) is -0.704. The molecule has 1 saturated carbocycles. The Labute approximate surface area is 191 Å². The highest BCUT2D eigenvalue weighted by Crippen LogP contribution is 2.60. The molecule has 1 aliphatic carbocycles. The van der Waals surface area contributed by atoms with Crippen molar-refractivity contribution in [1.29, 1.82) is 0 Å². The zero-order valence-corrected chi connectivity index (χ0v) is 20.5. The molecule has 2 bridgehead atoms. The Bertz CT molecular complexity index is 938. The van der Waals surface area contributed by atoms with E-state index < -0.39 is 22.9 Å². The van der Waals surface area contributed by atoms with E-state index in [4.69, 9.17) is 14.2 Å². The van der Waals surface area contributed by atoms with Crippen molar-refractivity contribution in [3.8, 4) is 0 Å². The van der Waals surface area contributed by atoms with Crippen LogP contribution in [0.1, 0.15) is 48.5 Å². The fraction of sp³-hybridized carbons (Fsp3) is 0.556. The van der Waals surface area contributed by atoms with E-state index in [0.717, 1.165) is 5.57 Å². The van der Waals surface area contributed by atoms with Crippen LogP contribution in [-0.4, -0.2) is 37.4 Å². The molecular formula is C27H36O5. The van der Waals surface area contributed by atoms with Gasteiger partial charge in [0.1, 0.15) is 11.5 Å². The number of ether oxygens (including phenoxy) is 3. The maximum absolute atomic E-state index is 12.6. The number of carbonyl (C=O) groups excluding carboxylic acids is 2. The molecule has 0 spiro atoms. The molecule has 0 amide bonds. The Morgan fingerprint density at radius 1 is 1.06 bits per heavy atom. The Kier molecular flexibility index (Phi) is 6.56. The molecule has 2 heterocycles. The Morgan fingerprint density at radius 2 is 1.69 bits per heavy atom. The van der Waals surface area contributed by atoms with Crippen molar-refractivity contribution in [1.82, 2.24) is 0 Å². The average Bonchev–Trinajstić information content (AvgIpc) is 3.03. The van der Waals surface area contributed by atoms with Crippen LogP contribution in [0.4, 0.5) is 0 Å². The third-order valence-electron chi connectivity index (χ3n) is 7.95. The van der Waals surface area contributed by atoms with E-state index in [-0.39, 0.29) is 29.5 Å². The summed E-state index contributed by atoms with van der Waals surface area (Å²) in [6, 6.07) is 0. The van der Waals surface area contributed by atoms with Crippen LogP contribution in [0.5, 0.6) is 0 Å². The van der Waals surface area contributed by atoms with Gasteiger partial charge in [-0.1, -0.05) is 68.0 Å². The van der Waals surface area contributed by atoms with Gasteiger partial charge >= 0.3 is 5.97 Å². The van der Waals surface area contributed by atoms with Gasteiger partial charge in [0, 0.05) is 12.5 Å². The fourth-order valence-electron chi connectivity index (χ4n) is 5.22. The average molecular weight is 441 g/mol. The monoisotopic (exact) mass is 440 g/mol. The summed E-state index contributed by atoms with van der Waals surface area (Å²) in [4.78, 5) is 24.9. The van der Waals surface area contributed by atoms with Gasteiger partial charge in [-0.2, -0.15) is 0 Å². The molecule has 174 valence electrons. The van der Waals surface area contributed by atoms with Crippen molar-refractivity contribution >= 4 is 11.8 Å². The number of ketones is 1. The largest absolute Gasteiger partial charge is 0.460 e. The highest BCUT2D eigenvalue weighted by molar-refractivity contribution is 6.10. The number of carbonyl (C=O) groups is 2. The van der Waals surface area contributed by atoms with Gasteiger partial charge in [-0.3, -0.25) is 9.59 Å². The topological polar surface area (TPSA) is 61.8 Å². The molecule has 0 aromatic rings. The fourth-order valence-corrected chi connectivity index (χ4v) is 5.22. The number of esters is 1. The van der Waals surface area contributed by atoms with Crippen molar-refractivity contribution in [2.24, 2.45) is 22.2 Å². The molecule has 3 rings (SSSR count). The molecule has 5 heteroatoms. The van der Waals surface area contributed by atoms with Gasteiger partial charge in [0.25, 0.3) is 0 Å². The van der Waals surface area contributed by atoms with E-state index in [0.29, 0.717) is 0 Å². The molecule has 0 aromatic carbocycles. The molecule has 7 unspecified atom stereocenters. The van der Waals surface area contributed by atoms with Crippen molar-refractivity contribution in [3.63, 3.8) is 0 Å². The Morgan fingerprint density at radius 3 is 2.31 bits per heavy atom. The van der Waals surface area contributed by atoms with Crippen molar-refractivity contribution in [2.45, 2.75) is 67.0 Å². The molecule has 7 atom stereocenters. The van der Waals surface area contributed by atoms with Gasteiger partial charge in [0.15, 0.2) is 12.1 Å². The van der Waals surface area contributed by atoms with Gasteiger partial charge in [-0.25, -0.2) is 0 Å². The van der Waals surface area contributed by atoms with Gasteiger partial charge in [-0.05, 0) is 40.2 Å². The van der Waals surface area contributed by atoms with Crippen LogP contribution in [0.2, 0.25) is 0 Å². The van der Waals surface area contributed by atoms with Crippen LogP contribution in [0.15, 0.2) is 59.8 Å². The maximum Gasteiger partial charge on any atom is 0.320 e. The molecule has 5 nitrogen and oxygen atoms in total. The Hall–Kier alpha value is -2.24. The predicted molar refractivity (Wildman–Crippen MR) is 125 cm³/mol. The number of hydrogen-bond donors (Lipinski definition) is 0. The van der Waals surface area contributed by atoms with E-state index in [9.17, 15) is 9.59 Å². The van der Waals surface area contributed by atoms with Gasteiger partial charge < -0.3 is 14.2 Å². The molecule has 2 fully saturated rings. The van der Waals surface area contributed by atoms with E-state index in [1.54, 1.807) is 14.0 Å². The van der Waals surface area contributed by atoms with Crippen molar-refractivity contribution < 1.29 is 23.8 Å². The highest BCUT2D eigenvalue weighted by atomic mass is 16.7. The molecule has 3 aliphatic rings. The van der Waals surface area contributed by atoms with Crippen molar-refractivity contribution in [2.75, 3.05) is 7.11 Å². The van der Waals surface area contributed by atoms with E-state index in [1.807, 2.05) is 57.2 Å². The molecular weight excluding hydrogens is 404 g/mol. The standard InChI is InChI=1S/C27H36O5/c1-17-16-25(5,24(30-8)31-20(17)4)18(2)14-12-10-9-11-13-15-26(6)22-19(3)21(28)27(26,7)23(29)32-22/h9-16,19-20,22,24H,1-8H3. The summed E-state index contributed by atoms with van der Waals surface area (Å²) in [6.45, 7) is 13.8. The van der Waals surface area contributed by atoms with Crippen LogP contribution in [-0.2, 0) is 23.8 Å². The number of methoxy groups -OCH3 is 1. The second kappa shape index (κ2) is 8.60. The van der Waals surface area contributed by atoms with Gasteiger partial charge in [0.2, 0.25) is 0 Å². The van der Waals surface area contributed by atoms with Crippen LogP contribution < -0.4 is 0 Å². The molecule has 0 aromatic heterocycles. The number of allylic oxidation sites excluding steroid dienone is 6. The van der Waals surface area contributed by atoms with Gasteiger partial charge in [-0.15, -0.1) is 0 Å². The lowest BCUT2D eigenvalue weighted by Gasteiger charge is -2.41. The zero-order valence-electron chi connectivity index (χ0n) is 20.5. The first kappa shape index (κ1) is 24.4. The second-order valence-corrected chi connectivity index (χ2v) is 9.88. The van der Waals surface area contributed by atoms with E-state index >= 15 is 0 Å². The smallest absolute Gasteiger partial charge is 0.320 e. The summed E-state index contributed by atoms with van der Waals surface area (Å²) in [5.41, 5.74) is 0.274. The molecule has 32 heavy (non-hydrogen) atoms. The third kappa shape index (κ3) is 3.56. The van der Waals surface area contributed by atoms with E-state index in [2.05, 4.69) is 32.9 Å². The summed E-state index contributed by atoms with van der Waals surface area (Å²) in [6.07, 6.45) is 15.2. The van der Waals surface area contributed by atoms with Crippen LogP contribution in [0.25, 0.3) is 0 Å². The van der Waals surface area contributed by atoms with Crippen molar-refractivity contribution in [3.05, 3.63) is 59.8 Å². The first-order valence-corrected chi connectivity index (χ1v) is 11.3. The maximum atomic E-state index is 12.6. The van der Waals surface area contributed by atoms with E-state index in [1.165, 1.54) is 5.57 Å². The first-order chi connectivity index (χ1) is 14.9. The number of Topliss-reactive ketones (excluding diaryl/α,β-unsaturated/α-hetero) is 1. The summed E-state index contributed by atoms with van der Waals surface area (Å²) >= 11 is 0. The summed E-state index contributed by atoms with van der Waals surface area (Å²) in [7, 11) is 1.67. The predicted octanol–water partition coefficient (Wildman–Crippen LogP) is 5.10. The third-order valence-corrected chi connectivity index (χ3v) is 7.95. The molecule has 2 aliphatic heterocycles. The molecule has 0 N–H and O–H groups in total. The zero-order chi connectivity index (χ0) is 23.9. The lowest BCUT2D eigenvalue weighted by atomic mass is 9.68. The van der Waals surface area contributed by atoms with Crippen LogP contribution in [0.3, 0.4) is 0 Å². The Balaban J connectivity index is 1.69. The lowest BCUT2D eigenvalue weighted by molar-refractivity contribution is -0.189. The summed E-state index contributed by atoms with van der Waals surface area (Å²) in [5, 5.41) is 0. The number of fused-ring (bicyclic) bond motifs is 2. The minimum absolute atomic E-state index is 0.0244. The van der Waals surface area contributed by atoms with Crippen LogP contribution >= 0.6 is 0 Å². The summed E-state index contributed by atoms with van der Waals surface area (Å²) < 4.78 is 17.1. The SMILES string of the molecule is COC1OC(C)C(C)=CC1(C)C(C)=CC=CC=CC=CC1(C)C2OC(=O)C1(C)C(=O)C2C. The minimum Gasteiger partial charge on any atom is -0.460 e. The second-order valence-electron chi connectivity index (χ2n) is 9.88. The molecule has 1 saturated heterocycles.